The summed E-state index contributed by atoms with van der Waals surface area (Å²) >= 11 is 0. The first-order valence-electron chi connectivity index (χ1n) is 14.6. The van der Waals surface area contributed by atoms with Crippen LogP contribution in [0.4, 0.5) is 0 Å². The van der Waals surface area contributed by atoms with Crippen molar-refractivity contribution >= 4 is 0 Å². The molecule has 13 unspecified atom stereocenters. The van der Waals surface area contributed by atoms with Crippen LogP contribution >= 0.6 is 0 Å². The molecular formula is C30H46. The van der Waals surface area contributed by atoms with E-state index in [1.54, 1.807) is 64.2 Å². The topological polar surface area (TPSA) is 0 Å². The minimum atomic E-state index is 0.736. The zero-order valence-electron chi connectivity index (χ0n) is 20.0. The van der Waals surface area contributed by atoms with Crippen molar-refractivity contribution in [3.05, 3.63) is 0 Å². The SMILES string of the molecule is CCC(C1CC1C1CC1C1CC12C1CC12)C(CC)(CC1CC1CC1CC1)C1CC1C. The van der Waals surface area contributed by atoms with Gasteiger partial charge in [0.05, 0.1) is 0 Å². The van der Waals surface area contributed by atoms with Crippen LogP contribution in [-0.2, 0) is 0 Å². The molecule has 8 fully saturated rings. The third kappa shape index (κ3) is 2.52. The Labute approximate surface area is 185 Å². The summed E-state index contributed by atoms with van der Waals surface area (Å²) in [5.41, 5.74) is 1.74. The van der Waals surface area contributed by atoms with E-state index in [4.69, 9.17) is 0 Å². The molecule has 8 aliphatic carbocycles. The fraction of sp³-hybridized carbons (Fsp3) is 1.00. The van der Waals surface area contributed by atoms with Crippen molar-refractivity contribution in [3.8, 4) is 0 Å². The highest BCUT2D eigenvalue weighted by Crippen LogP contribution is 2.94. The molecule has 0 N–H and O–H groups in total. The van der Waals surface area contributed by atoms with E-state index in [-0.39, 0.29) is 0 Å². The summed E-state index contributed by atoms with van der Waals surface area (Å²) in [5, 5.41) is 0. The molecule has 13 atom stereocenters. The van der Waals surface area contributed by atoms with Crippen LogP contribution in [0.25, 0.3) is 0 Å². The lowest BCUT2D eigenvalue weighted by Gasteiger charge is -2.43. The smallest absolute Gasteiger partial charge is 0.0201 e. The lowest BCUT2D eigenvalue weighted by molar-refractivity contribution is 0.0608. The van der Waals surface area contributed by atoms with Crippen LogP contribution in [0.3, 0.4) is 0 Å². The van der Waals surface area contributed by atoms with Gasteiger partial charge in [0, 0.05) is 0 Å². The van der Waals surface area contributed by atoms with Gasteiger partial charge in [-0.2, -0.15) is 0 Å². The predicted molar refractivity (Wildman–Crippen MR) is 123 cm³/mol. The molecule has 0 radical (unpaired) electrons. The molecule has 1 spiro atoms. The maximum absolute atomic E-state index is 2.61. The Bertz CT molecular complexity index is 739. The van der Waals surface area contributed by atoms with E-state index < -0.39 is 0 Å². The van der Waals surface area contributed by atoms with Gasteiger partial charge in [-0.1, -0.05) is 40.0 Å². The Kier molecular flexibility index (Phi) is 3.52. The number of rotatable bonds is 11. The maximum atomic E-state index is 2.61. The summed E-state index contributed by atoms with van der Waals surface area (Å²) in [4.78, 5) is 0. The second-order valence-corrected chi connectivity index (χ2v) is 14.6. The summed E-state index contributed by atoms with van der Waals surface area (Å²) < 4.78 is 0. The van der Waals surface area contributed by atoms with Crippen LogP contribution in [0, 0.1) is 87.8 Å². The van der Waals surface area contributed by atoms with Crippen LogP contribution in [0.15, 0.2) is 0 Å². The average Bonchev–Trinajstić information content (AvgIpc) is 3.49. The van der Waals surface area contributed by atoms with Crippen molar-refractivity contribution in [2.75, 3.05) is 0 Å². The van der Waals surface area contributed by atoms with Gasteiger partial charge in [0.1, 0.15) is 0 Å². The number of hydrogen-bond acceptors (Lipinski definition) is 0. The second kappa shape index (κ2) is 5.73. The Morgan fingerprint density at radius 3 is 2.23 bits per heavy atom. The van der Waals surface area contributed by atoms with Crippen LogP contribution in [0.1, 0.15) is 97.8 Å². The lowest BCUT2D eigenvalue weighted by Crippen LogP contribution is -2.35. The van der Waals surface area contributed by atoms with Gasteiger partial charge in [-0.15, -0.1) is 0 Å². The van der Waals surface area contributed by atoms with E-state index in [0.717, 1.165) is 52.3 Å². The van der Waals surface area contributed by atoms with E-state index in [1.807, 2.05) is 0 Å². The van der Waals surface area contributed by atoms with Gasteiger partial charge in [0.2, 0.25) is 0 Å². The largest absolute Gasteiger partial charge is 0.0651 e. The highest BCUT2D eigenvalue weighted by molar-refractivity contribution is 5.36. The zero-order chi connectivity index (χ0) is 20.0. The van der Waals surface area contributed by atoms with E-state index >= 15 is 0 Å². The van der Waals surface area contributed by atoms with Crippen LogP contribution in [0.5, 0.6) is 0 Å². The van der Waals surface area contributed by atoms with Gasteiger partial charge < -0.3 is 0 Å². The summed E-state index contributed by atoms with van der Waals surface area (Å²) in [6.45, 7) is 7.78. The summed E-state index contributed by atoms with van der Waals surface area (Å²) in [6.07, 6.45) is 19.2. The minimum absolute atomic E-state index is 0.736. The summed E-state index contributed by atoms with van der Waals surface area (Å²) in [5.74, 6) is 15.1. The highest BCUT2D eigenvalue weighted by atomic mass is 14.9. The van der Waals surface area contributed by atoms with Gasteiger partial charge >= 0.3 is 0 Å². The molecule has 166 valence electrons. The van der Waals surface area contributed by atoms with E-state index in [9.17, 15) is 0 Å². The molecule has 0 amide bonds. The Balaban J connectivity index is 0.960. The molecule has 8 aliphatic rings. The van der Waals surface area contributed by atoms with Gasteiger partial charge in [0.15, 0.2) is 0 Å². The van der Waals surface area contributed by atoms with E-state index in [1.165, 1.54) is 48.3 Å². The average molecular weight is 407 g/mol. The van der Waals surface area contributed by atoms with Crippen molar-refractivity contribution in [1.29, 1.82) is 0 Å². The van der Waals surface area contributed by atoms with Crippen molar-refractivity contribution in [3.63, 3.8) is 0 Å². The molecule has 0 aliphatic heterocycles. The molecule has 0 bridgehead atoms. The summed E-state index contributed by atoms with van der Waals surface area (Å²) in [7, 11) is 0. The van der Waals surface area contributed by atoms with Crippen molar-refractivity contribution in [2.24, 2.45) is 87.8 Å². The van der Waals surface area contributed by atoms with Crippen LogP contribution < -0.4 is 0 Å². The van der Waals surface area contributed by atoms with E-state index in [2.05, 4.69) is 20.8 Å². The second-order valence-electron chi connectivity index (χ2n) is 14.6. The molecule has 0 aromatic rings. The molecule has 30 heavy (non-hydrogen) atoms. The molecule has 0 heteroatoms. The Hall–Kier alpha value is 0. The Morgan fingerprint density at radius 2 is 1.67 bits per heavy atom. The quantitative estimate of drug-likeness (QED) is 0.328. The fourth-order valence-electron chi connectivity index (χ4n) is 10.8. The predicted octanol–water partition coefficient (Wildman–Crippen LogP) is 7.82. The standard InChI is InChI=1S/C30H46/c1-4-24(22-11-20(22)21-12-23(21)28-15-30(28)26-13-27(26)30)29(5-2,25-8-16(25)3)14-19-10-18(19)9-17-6-7-17/h16-28H,4-15H2,1-3H3. The van der Waals surface area contributed by atoms with Crippen LogP contribution in [0.2, 0.25) is 0 Å². The normalized spacial score (nSPS) is 61.1. The maximum Gasteiger partial charge on any atom is -0.0201 e. The molecule has 0 heterocycles. The molecule has 8 saturated carbocycles. The van der Waals surface area contributed by atoms with Crippen molar-refractivity contribution in [2.45, 2.75) is 97.8 Å². The van der Waals surface area contributed by atoms with E-state index in [0.29, 0.717) is 0 Å². The third-order valence-electron chi connectivity index (χ3n) is 13.3. The number of hydrogen-bond donors (Lipinski definition) is 0. The van der Waals surface area contributed by atoms with Gasteiger partial charge in [-0.3, -0.25) is 0 Å². The summed E-state index contributed by atoms with van der Waals surface area (Å²) in [6, 6.07) is 0. The Morgan fingerprint density at radius 1 is 0.867 bits per heavy atom. The fourth-order valence-corrected chi connectivity index (χ4v) is 10.8. The van der Waals surface area contributed by atoms with Crippen molar-refractivity contribution in [1.82, 2.24) is 0 Å². The number of fused-ring (bicyclic) bond motifs is 3. The first-order chi connectivity index (χ1) is 14.6. The molecular weight excluding hydrogens is 360 g/mol. The highest BCUT2D eigenvalue weighted by Gasteiger charge is 2.88. The molecule has 0 nitrogen and oxygen atoms in total. The zero-order valence-corrected chi connectivity index (χ0v) is 20.0. The molecule has 0 aromatic heterocycles. The monoisotopic (exact) mass is 406 g/mol. The van der Waals surface area contributed by atoms with Gasteiger partial charge in [-0.05, 0) is 146 Å². The van der Waals surface area contributed by atoms with Crippen LogP contribution in [-0.4, -0.2) is 0 Å². The molecule has 0 aromatic carbocycles. The van der Waals surface area contributed by atoms with Gasteiger partial charge in [0.25, 0.3) is 0 Å². The first-order valence-corrected chi connectivity index (χ1v) is 14.6. The first kappa shape index (κ1) is 18.4. The lowest BCUT2D eigenvalue weighted by atomic mass is 9.62. The van der Waals surface area contributed by atoms with Gasteiger partial charge in [-0.25, -0.2) is 0 Å². The third-order valence-corrected chi connectivity index (χ3v) is 13.3. The van der Waals surface area contributed by atoms with Crippen molar-refractivity contribution < 1.29 is 0 Å². The molecule has 8 rings (SSSR count). The molecule has 0 saturated heterocycles. The minimum Gasteiger partial charge on any atom is -0.0651 e.